The first kappa shape index (κ1) is 13.2. The van der Waals surface area contributed by atoms with Gasteiger partial charge in [-0.25, -0.2) is 0 Å². The molecule has 1 N–H and O–H groups in total. The van der Waals surface area contributed by atoms with Gasteiger partial charge in [-0.15, -0.1) is 0 Å². The molecular weight excluding hydrogens is 241 g/mol. The van der Waals surface area contributed by atoms with E-state index >= 15 is 0 Å². The largest absolute Gasteiger partial charge is 0.416 e. The summed E-state index contributed by atoms with van der Waals surface area (Å²) in [6, 6.07) is 3.98. The Kier molecular flexibility index (Phi) is 3.80. The molecule has 2 rings (SSSR count). The Bertz CT molecular complexity index is 407. The Balaban J connectivity index is 2.23. The fourth-order valence-electron chi connectivity index (χ4n) is 2.27. The van der Waals surface area contributed by atoms with E-state index in [1.807, 2.05) is 0 Å². The summed E-state index contributed by atoms with van der Waals surface area (Å²) in [5.41, 5.74) is 1.02. The molecule has 18 heavy (non-hydrogen) atoms. The number of alkyl halides is 3. The van der Waals surface area contributed by atoms with Gasteiger partial charge in [-0.05, 0) is 43.7 Å². The SMILES string of the molecule is Cc1cc(C(F)(F)F)ccc1N1CCCNCC1. The van der Waals surface area contributed by atoms with E-state index in [1.165, 1.54) is 12.1 Å². The lowest BCUT2D eigenvalue weighted by atomic mass is 10.1. The molecule has 0 bridgehead atoms. The number of rotatable bonds is 1. The zero-order chi connectivity index (χ0) is 13.2. The van der Waals surface area contributed by atoms with Crippen LogP contribution in [0.2, 0.25) is 0 Å². The van der Waals surface area contributed by atoms with Gasteiger partial charge in [0.2, 0.25) is 0 Å². The van der Waals surface area contributed by atoms with Crippen LogP contribution in [0, 0.1) is 6.92 Å². The van der Waals surface area contributed by atoms with Crippen molar-refractivity contribution >= 4 is 5.69 Å². The molecule has 0 aliphatic carbocycles. The zero-order valence-electron chi connectivity index (χ0n) is 10.3. The summed E-state index contributed by atoms with van der Waals surface area (Å²) in [4.78, 5) is 2.15. The number of anilines is 1. The lowest BCUT2D eigenvalue weighted by Gasteiger charge is -2.25. The topological polar surface area (TPSA) is 15.3 Å². The van der Waals surface area contributed by atoms with Crippen molar-refractivity contribution < 1.29 is 13.2 Å². The van der Waals surface area contributed by atoms with E-state index in [2.05, 4.69) is 10.2 Å². The predicted molar refractivity (Wildman–Crippen MR) is 65.9 cm³/mol. The monoisotopic (exact) mass is 258 g/mol. The first-order valence-electron chi connectivity index (χ1n) is 6.12. The molecule has 1 aromatic carbocycles. The maximum atomic E-state index is 12.6. The molecule has 1 saturated heterocycles. The van der Waals surface area contributed by atoms with Crippen LogP contribution in [0.4, 0.5) is 18.9 Å². The molecule has 0 unspecified atom stereocenters. The van der Waals surface area contributed by atoms with Crippen molar-refractivity contribution in [1.82, 2.24) is 5.32 Å². The third-order valence-corrected chi connectivity index (χ3v) is 3.20. The number of nitrogens with one attached hydrogen (secondary N) is 1. The molecule has 0 atom stereocenters. The van der Waals surface area contributed by atoms with Crippen molar-refractivity contribution in [2.24, 2.45) is 0 Å². The number of hydrogen-bond donors (Lipinski definition) is 1. The van der Waals surface area contributed by atoms with Gasteiger partial charge < -0.3 is 10.2 Å². The van der Waals surface area contributed by atoms with Gasteiger partial charge in [0, 0.05) is 25.3 Å². The summed E-state index contributed by atoms with van der Waals surface area (Å²) in [5, 5.41) is 3.28. The van der Waals surface area contributed by atoms with Gasteiger partial charge in [0.25, 0.3) is 0 Å². The Morgan fingerprint density at radius 1 is 1.17 bits per heavy atom. The molecule has 0 saturated carbocycles. The van der Waals surface area contributed by atoms with Crippen LogP contribution in [0.5, 0.6) is 0 Å². The molecule has 0 radical (unpaired) electrons. The quantitative estimate of drug-likeness (QED) is 0.833. The van der Waals surface area contributed by atoms with Crippen LogP contribution in [-0.2, 0) is 6.18 Å². The summed E-state index contributed by atoms with van der Waals surface area (Å²) in [7, 11) is 0. The molecule has 0 spiro atoms. The molecule has 0 aromatic heterocycles. The van der Waals surface area contributed by atoms with E-state index in [4.69, 9.17) is 0 Å². The molecule has 5 heteroatoms. The summed E-state index contributed by atoms with van der Waals surface area (Å²) in [5.74, 6) is 0. The Morgan fingerprint density at radius 3 is 2.61 bits per heavy atom. The van der Waals surface area contributed by atoms with Crippen LogP contribution in [-0.4, -0.2) is 26.2 Å². The highest BCUT2D eigenvalue weighted by Gasteiger charge is 2.30. The second kappa shape index (κ2) is 5.18. The van der Waals surface area contributed by atoms with Crippen molar-refractivity contribution in [2.45, 2.75) is 19.5 Å². The van der Waals surface area contributed by atoms with Gasteiger partial charge in [-0.2, -0.15) is 13.2 Å². The fraction of sp³-hybridized carbons (Fsp3) is 0.538. The minimum Gasteiger partial charge on any atom is -0.370 e. The smallest absolute Gasteiger partial charge is 0.370 e. The summed E-state index contributed by atoms with van der Waals surface area (Å²) in [6.45, 7) is 5.31. The normalized spacial score (nSPS) is 17.7. The molecule has 1 aliphatic heterocycles. The van der Waals surface area contributed by atoms with Crippen LogP contribution in [0.3, 0.4) is 0 Å². The average molecular weight is 258 g/mol. The first-order chi connectivity index (χ1) is 8.48. The lowest BCUT2D eigenvalue weighted by molar-refractivity contribution is -0.137. The Hall–Kier alpha value is -1.23. The highest BCUT2D eigenvalue weighted by atomic mass is 19.4. The maximum absolute atomic E-state index is 12.6. The van der Waals surface area contributed by atoms with Crippen molar-refractivity contribution in [3.8, 4) is 0 Å². The number of hydrogen-bond acceptors (Lipinski definition) is 2. The second-order valence-electron chi connectivity index (χ2n) is 4.59. The summed E-state index contributed by atoms with van der Waals surface area (Å²) < 4.78 is 37.7. The number of aryl methyl sites for hydroxylation is 1. The van der Waals surface area contributed by atoms with Crippen molar-refractivity contribution in [2.75, 3.05) is 31.1 Å². The van der Waals surface area contributed by atoms with Gasteiger partial charge in [0.1, 0.15) is 0 Å². The number of halogens is 3. The molecule has 1 heterocycles. The van der Waals surface area contributed by atoms with Crippen molar-refractivity contribution in [3.05, 3.63) is 29.3 Å². The standard InChI is InChI=1S/C13H17F3N2/c1-10-9-11(13(14,15)16)3-4-12(10)18-7-2-5-17-6-8-18/h3-4,9,17H,2,5-8H2,1H3. The molecule has 100 valence electrons. The molecule has 1 aliphatic rings. The molecular formula is C13H17F3N2. The maximum Gasteiger partial charge on any atom is 0.416 e. The van der Waals surface area contributed by atoms with Crippen LogP contribution < -0.4 is 10.2 Å². The van der Waals surface area contributed by atoms with Gasteiger partial charge in [0.15, 0.2) is 0 Å². The summed E-state index contributed by atoms with van der Waals surface area (Å²) >= 11 is 0. The molecule has 2 nitrogen and oxygen atoms in total. The Labute approximate surface area is 105 Å². The Morgan fingerprint density at radius 2 is 1.94 bits per heavy atom. The van der Waals surface area contributed by atoms with Crippen LogP contribution in [0.25, 0.3) is 0 Å². The molecule has 1 fully saturated rings. The van der Waals surface area contributed by atoms with E-state index in [-0.39, 0.29) is 0 Å². The van der Waals surface area contributed by atoms with Gasteiger partial charge >= 0.3 is 6.18 Å². The number of nitrogens with zero attached hydrogens (tertiary/aromatic N) is 1. The third kappa shape index (κ3) is 2.96. The lowest BCUT2D eigenvalue weighted by Crippen LogP contribution is -2.28. The average Bonchev–Trinajstić information content (AvgIpc) is 2.56. The van der Waals surface area contributed by atoms with Gasteiger partial charge in [0.05, 0.1) is 5.56 Å². The minimum atomic E-state index is -4.26. The first-order valence-corrected chi connectivity index (χ1v) is 6.12. The number of benzene rings is 1. The second-order valence-corrected chi connectivity index (χ2v) is 4.59. The van der Waals surface area contributed by atoms with Crippen molar-refractivity contribution in [1.29, 1.82) is 0 Å². The molecule has 0 amide bonds. The fourth-order valence-corrected chi connectivity index (χ4v) is 2.27. The van der Waals surface area contributed by atoms with E-state index in [0.717, 1.165) is 38.3 Å². The van der Waals surface area contributed by atoms with E-state index in [1.54, 1.807) is 13.0 Å². The van der Waals surface area contributed by atoms with E-state index in [9.17, 15) is 13.2 Å². The van der Waals surface area contributed by atoms with Gasteiger partial charge in [-0.3, -0.25) is 0 Å². The molecule has 1 aromatic rings. The highest BCUT2D eigenvalue weighted by molar-refractivity contribution is 5.55. The zero-order valence-corrected chi connectivity index (χ0v) is 10.3. The van der Waals surface area contributed by atoms with E-state index < -0.39 is 11.7 Å². The predicted octanol–water partition coefficient (Wildman–Crippen LogP) is 2.81. The van der Waals surface area contributed by atoms with Crippen LogP contribution >= 0.6 is 0 Å². The van der Waals surface area contributed by atoms with Crippen molar-refractivity contribution in [3.63, 3.8) is 0 Å². The summed E-state index contributed by atoms with van der Waals surface area (Å²) in [6.07, 6.45) is -3.25. The van der Waals surface area contributed by atoms with Gasteiger partial charge in [-0.1, -0.05) is 0 Å². The highest BCUT2D eigenvalue weighted by Crippen LogP contribution is 2.32. The van der Waals surface area contributed by atoms with Crippen LogP contribution in [0.1, 0.15) is 17.5 Å². The van der Waals surface area contributed by atoms with E-state index in [0.29, 0.717) is 5.56 Å². The minimum absolute atomic E-state index is 0.573. The third-order valence-electron chi connectivity index (χ3n) is 3.20. The van der Waals surface area contributed by atoms with Crippen LogP contribution in [0.15, 0.2) is 18.2 Å².